The van der Waals surface area contributed by atoms with E-state index in [1.165, 1.54) is 16.7 Å². The summed E-state index contributed by atoms with van der Waals surface area (Å²) in [7, 11) is 1.57. The van der Waals surface area contributed by atoms with E-state index in [0.717, 1.165) is 12.0 Å². The summed E-state index contributed by atoms with van der Waals surface area (Å²) in [6.07, 6.45) is 2.45. The van der Waals surface area contributed by atoms with Gasteiger partial charge in [-0.15, -0.1) is 0 Å². The van der Waals surface area contributed by atoms with Crippen LogP contribution in [0.3, 0.4) is 0 Å². The zero-order chi connectivity index (χ0) is 18.4. The SMILES string of the molecule is CCCOc1cc(/C=C2\SC(=S)N(CCC(=O)O)C2=O)ccc1OC. The lowest BCUT2D eigenvalue weighted by Gasteiger charge is -2.12. The number of methoxy groups -OCH3 is 1. The van der Waals surface area contributed by atoms with Gasteiger partial charge in [0.2, 0.25) is 0 Å². The van der Waals surface area contributed by atoms with Gasteiger partial charge in [0, 0.05) is 6.54 Å². The van der Waals surface area contributed by atoms with Crippen LogP contribution in [-0.2, 0) is 9.59 Å². The number of nitrogens with zero attached hydrogens (tertiary/aromatic N) is 1. The first-order chi connectivity index (χ1) is 12.0. The Labute approximate surface area is 155 Å². The Morgan fingerprint density at radius 3 is 2.80 bits per heavy atom. The molecule has 1 amide bonds. The number of amides is 1. The second kappa shape index (κ2) is 8.87. The minimum Gasteiger partial charge on any atom is -0.493 e. The molecule has 1 fully saturated rings. The Hall–Kier alpha value is -2.06. The van der Waals surface area contributed by atoms with Gasteiger partial charge in [0.05, 0.1) is 25.0 Å². The van der Waals surface area contributed by atoms with Gasteiger partial charge in [0.15, 0.2) is 11.5 Å². The second-order valence-electron chi connectivity index (χ2n) is 5.24. The van der Waals surface area contributed by atoms with Crippen molar-refractivity contribution < 1.29 is 24.2 Å². The minimum absolute atomic E-state index is 0.0742. The van der Waals surface area contributed by atoms with Crippen molar-refractivity contribution >= 4 is 46.3 Å². The van der Waals surface area contributed by atoms with E-state index in [-0.39, 0.29) is 18.9 Å². The van der Waals surface area contributed by atoms with Gasteiger partial charge in [-0.3, -0.25) is 14.5 Å². The van der Waals surface area contributed by atoms with Gasteiger partial charge >= 0.3 is 5.97 Å². The largest absolute Gasteiger partial charge is 0.493 e. The maximum atomic E-state index is 12.4. The molecule has 0 saturated carbocycles. The highest BCUT2D eigenvalue weighted by atomic mass is 32.2. The van der Waals surface area contributed by atoms with Crippen molar-refractivity contribution in [1.29, 1.82) is 0 Å². The van der Waals surface area contributed by atoms with E-state index in [4.69, 9.17) is 26.8 Å². The van der Waals surface area contributed by atoms with Crippen molar-refractivity contribution in [3.8, 4) is 11.5 Å². The molecule has 0 spiro atoms. The Kier molecular flexibility index (Phi) is 6.83. The molecule has 1 aromatic rings. The van der Waals surface area contributed by atoms with Crippen LogP contribution in [0.15, 0.2) is 23.1 Å². The third-order valence-electron chi connectivity index (χ3n) is 3.37. The molecule has 1 aliphatic heterocycles. The van der Waals surface area contributed by atoms with Crippen molar-refractivity contribution in [3.05, 3.63) is 28.7 Å². The Balaban J connectivity index is 2.20. The first kappa shape index (κ1) is 19.3. The summed E-state index contributed by atoms with van der Waals surface area (Å²) < 4.78 is 11.3. The smallest absolute Gasteiger partial charge is 0.305 e. The van der Waals surface area contributed by atoms with Gasteiger partial charge in [-0.25, -0.2) is 0 Å². The third-order valence-corrected chi connectivity index (χ3v) is 4.75. The lowest BCUT2D eigenvalue weighted by Crippen LogP contribution is -2.30. The maximum absolute atomic E-state index is 12.4. The van der Waals surface area contributed by atoms with Crippen LogP contribution < -0.4 is 9.47 Å². The van der Waals surface area contributed by atoms with Crippen molar-refractivity contribution in [1.82, 2.24) is 4.90 Å². The molecule has 25 heavy (non-hydrogen) atoms. The quantitative estimate of drug-likeness (QED) is 0.547. The Morgan fingerprint density at radius 1 is 1.40 bits per heavy atom. The average Bonchev–Trinajstić information content (AvgIpc) is 2.84. The molecule has 1 N–H and O–H groups in total. The summed E-state index contributed by atoms with van der Waals surface area (Å²) in [6, 6.07) is 5.40. The number of ether oxygens (including phenoxy) is 2. The molecule has 1 saturated heterocycles. The molecule has 0 unspecified atom stereocenters. The van der Waals surface area contributed by atoms with E-state index in [0.29, 0.717) is 27.3 Å². The van der Waals surface area contributed by atoms with Crippen LogP contribution >= 0.6 is 24.0 Å². The summed E-state index contributed by atoms with van der Waals surface area (Å²) in [5, 5.41) is 8.77. The monoisotopic (exact) mass is 381 g/mol. The highest BCUT2D eigenvalue weighted by Crippen LogP contribution is 2.34. The Morgan fingerprint density at radius 2 is 2.16 bits per heavy atom. The molecular weight excluding hydrogens is 362 g/mol. The number of thioether (sulfide) groups is 1. The molecule has 0 aromatic heterocycles. The van der Waals surface area contributed by atoms with Crippen LogP contribution in [0, 0.1) is 0 Å². The molecule has 2 rings (SSSR count). The van der Waals surface area contributed by atoms with Crippen molar-refractivity contribution in [3.63, 3.8) is 0 Å². The number of hydrogen-bond acceptors (Lipinski definition) is 6. The molecule has 1 heterocycles. The third kappa shape index (κ3) is 4.96. The molecule has 0 atom stereocenters. The summed E-state index contributed by atoms with van der Waals surface area (Å²) in [6.45, 7) is 2.65. The highest BCUT2D eigenvalue weighted by Gasteiger charge is 2.32. The molecule has 134 valence electrons. The number of carboxylic acid groups (broad SMARTS) is 1. The summed E-state index contributed by atoms with van der Waals surface area (Å²) in [5.74, 6) is -0.00643. The van der Waals surface area contributed by atoms with Crippen LogP contribution in [-0.4, -0.2) is 46.5 Å². The van der Waals surface area contributed by atoms with Gasteiger partial charge in [-0.1, -0.05) is 37.0 Å². The Bertz CT molecular complexity index is 717. The number of carboxylic acids is 1. The predicted molar refractivity (Wildman–Crippen MR) is 101 cm³/mol. The molecular formula is C17H19NO5S2. The van der Waals surface area contributed by atoms with Crippen LogP contribution in [0.1, 0.15) is 25.3 Å². The van der Waals surface area contributed by atoms with Crippen molar-refractivity contribution in [2.24, 2.45) is 0 Å². The van der Waals surface area contributed by atoms with E-state index >= 15 is 0 Å². The summed E-state index contributed by atoms with van der Waals surface area (Å²) in [5.41, 5.74) is 0.783. The fraction of sp³-hybridized carbons (Fsp3) is 0.353. The molecule has 1 aromatic carbocycles. The van der Waals surface area contributed by atoms with Crippen LogP contribution in [0.5, 0.6) is 11.5 Å². The molecule has 0 radical (unpaired) electrons. The first-order valence-electron chi connectivity index (χ1n) is 7.74. The van der Waals surface area contributed by atoms with Crippen LogP contribution in [0.4, 0.5) is 0 Å². The topological polar surface area (TPSA) is 76.1 Å². The number of carbonyl (C=O) groups is 2. The number of aliphatic carboxylic acids is 1. The molecule has 8 heteroatoms. The van der Waals surface area contributed by atoms with Crippen LogP contribution in [0.25, 0.3) is 6.08 Å². The molecule has 6 nitrogen and oxygen atoms in total. The number of benzene rings is 1. The van der Waals surface area contributed by atoms with Crippen LogP contribution in [0.2, 0.25) is 0 Å². The van der Waals surface area contributed by atoms with Gasteiger partial charge < -0.3 is 14.6 Å². The number of carbonyl (C=O) groups excluding carboxylic acids is 1. The van der Waals surface area contributed by atoms with Crippen molar-refractivity contribution in [2.45, 2.75) is 19.8 Å². The highest BCUT2D eigenvalue weighted by molar-refractivity contribution is 8.26. The van der Waals surface area contributed by atoms with Gasteiger partial charge in [0.25, 0.3) is 5.91 Å². The van der Waals surface area contributed by atoms with E-state index in [2.05, 4.69) is 0 Å². The molecule has 1 aliphatic rings. The minimum atomic E-state index is -0.967. The van der Waals surface area contributed by atoms with Crippen molar-refractivity contribution in [2.75, 3.05) is 20.3 Å². The molecule has 0 aliphatic carbocycles. The lowest BCUT2D eigenvalue weighted by molar-refractivity contribution is -0.137. The van der Waals surface area contributed by atoms with Gasteiger partial charge in [-0.05, 0) is 30.2 Å². The summed E-state index contributed by atoms with van der Waals surface area (Å²) >= 11 is 6.34. The standard InChI is InChI=1S/C17H19NO5S2/c1-3-8-23-13-9-11(4-5-12(13)22-2)10-14-16(21)18(17(24)25-14)7-6-15(19)20/h4-5,9-10H,3,6-8H2,1-2H3,(H,19,20)/b14-10-. The number of thiocarbonyl (C=S) groups is 1. The predicted octanol–water partition coefficient (Wildman–Crippen LogP) is 3.16. The van der Waals surface area contributed by atoms with E-state index in [1.54, 1.807) is 25.3 Å². The average molecular weight is 381 g/mol. The van der Waals surface area contributed by atoms with E-state index in [9.17, 15) is 9.59 Å². The zero-order valence-corrected chi connectivity index (χ0v) is 15.6. The lowest BCUT2D eigenvalue weighted by atomic mass is 10.2. The fourth-order valence-corrected chi connectivity index (χ4v) is 3.47. The zero-order valence-electron chi connectivity index (χ0n) is 14.0. The van der Waals surface area contributed by atoms with E-state index < -0.39 is 5.97 Å². The first-order valence-corrected chi connectivity index (χ1v) is 8.96. The van der Waals surface area contributed by atoms with E-state index in [1.807, 2.05) is 13.0 Å². The second-order valence-corrected chi connectivity index (χ2v) is 6.91. The number of rotatable bonds is 8. The summed E-state index contributed by atoms with van der Waals surface area (Å²) in [4.78, 5) is 24.9. The normalized spacial score (nSPS) is 15.8. The number of hydrogen-bond donors (Lipinski definition) is 1. The maximum Gasteiger partial charge on any atom is 0.305 e. The fourth-order valence-electron chi connectivity index (χ4n) is 2.16. The van der Waals surface area contributed by atoms with Gasteiger partial charge in [-0.2, -0.15) is 0 Å². The van der Waals surface area contributed by atoms with Gasteiger partial charge in [0.1, 0.15) is 4.32 Å². The molecule has 0 bridgehead atoms.